The highest BCUT2D eigenvalue weighted by Gasteiger charge is 2.42. The van der Waals surface area contributed by atoms with Crippen LogP contribution in [-0.4, -0.2) is 268 Å². The van der Waals surface area contributed by atoms with Gasteiger partial charge in [-0.25, -0.2) is 0 Å². The van der Waals surface area contributed by atoms with E-state index >= 15 is 33.6 Å². The molecule has 5 aromatic rings. The average molecular weight is 2010 g/mol. The fourth-order valence-electron chi connectivity index (χ4n) is 16.2. The number of aliphatic carboxylic acids is 2. The molecule has 0 unspecified atom stereocenters. The lowest BCUT2D eigenvalue weighted by molar-refractivity contribution is -0.142. The van der Waals surface area contributed by atoms with E-state index in [0.29, 0.717) is 52.2 Å². The molecule has 143 heavy (non-hydrogen) atoms. The number of aliphatic hydroxyl groups excluding tert-OH is 1. The maximum absolute atomic E-state index is 15.4. The van der Waals surface area contributed by atoms with Crippen LogP contribution in [0.1, 0.15) is 155 Å². The Morgan fingerprint density at radius 2 is 1.00 bits per heavy atom. The van der Waals surface area contributed by atoms with Crippen molar-refractivity contribution in [2.75, 3.05) is 44.3 Å². The van der Waals surface area contributed by atoms with E-state index < -0.39 is 265 Å². The van der Waals surface area contributed by atoms with E-state index in [0.717, 1.165) is 37.3 Å². The second kappa shape index (κ2) is 58.8. The predicted octanol–water partition coefficient (Wildman–Crippen LogP) is -0.825. The Morgan fingerprint density at radius 3 is 1.55 bits per heavy atom. The van der Waals surface area contributed by atoms with E-state index in [-0.39, 0.29) is 88.8 Å². The molecule has 46 heteroatoms. The Balaban J connectivity index is 1.34. The Bertz CT molecular complexity index is 5300. The Kier molecular flexibility index (Phi) is 47.6. The first-order valence-electron chi connectivity index (χ1n) is 47.6. The first-order chi connectivity index (χ1) is 68.1. The largest absolute Gasteiger partial charge is 0.481 e. The van der Waals surface area contributed by atoms with Crippen LogP contribution < -0.4 is 107 Å². The number of carboxylic acid groups (broad SMARTS) is 2. The van der Waals surface area contributed by atoms with Gasteiger partial charge < -0.3 is 128 Å². The number of aliphatic hydroxyl groups is 1. The maximum Gasteiger partial charge on any atom is 0.305 e. The molecule has 27 N–H and O–H groups in total. The fourth-order valence-corrected chi connectivity index (χ4v) is 17.1. The molecule has 4 aromatic carbocycles. The van der Waals surface area contributed by atoms with E-state index in [9.17, 15) is 68.1 Å². The topological polar surface area (TPSA) is 726 Å². The number of H-pyrrole nitrogens is 1. The predicted molar refractivity (Wildman–Crippen MR) is 528 cm³/mol. The van der Waals surface area contributed by atoms with Gasteiger partial charge in [-0.05, 0) is 140 Å². The number of aromatic amines is 1. The summed E-state index contributed by atoms with van der Waals surface area (Å²) >= 11 is 0.637. The molecule has 45 nitrogen and oxygen atoms in total. The number of nitrogens with two attached hydrogens (primary N) is 4. The summed E-state index contributed by atoms with van der Waals surface area (Å²) in [6.45, 7) is 9.18. The van der Waals surface area contributed by atoms with E-state index in [2.05, 4.69) is 101 Å². The lowest BCUT2D eigenvalue weighted by atomic mass is 9.84. The van der Waals surface area contributed by atoms with Gasteiger partial charge in [0.25, 0.3) is 0 Å². The van der Waals surface area contributed by atoms with E-state index in [1.165, 1.54) is 58.2 Å². The van der Waals surface area contributed by atoms with Crippen molar-refractivity contribution in [3.8, 4) is 29.2 Å². The van der Waals surface area contributed by atoms with Crippen LogP contribution in [0.2, 0.25) is 0 Å². The number of terminal acetylenes is 1. The van der Waals surface area contributed by atoms with Crippen molar-refractivity contribution in [2.45, 2.75) is 254 Å². The quantitative estimate of drug-likeness (QED) is 0.0106. The molecule has 16 atom stereocenters. The van der Waals surface area contributed by atoms with Crippen LogP contribution in [0.5, 0.6) is 5.75 Å². The summed E-state index contributed by atoms with van der Waals surface area (Å²) in [5.74, 6) is -21.4. The third kappa shape index (κ3) is 37.9. The van der Waals surface area contributed by atoms with Gasteiger partial charge in [0.2, 0.25) is 94.5 Å². The molecule has 1 aromatic heterocycles. The molecular formula is C97H135N23O22S. The molecule has 0 radical (unpaired) electrons. The van der Waals surface area contributed by atoms with Gasteiger partial charge in [0.15, 0.2) is 0 Å². The van der Waals surface area contributed by atoms with Gasteiger partial charge >= 0.3 is 11.9 Å². The highest BCUT2D eigenvalue weighted by atomic mass is 32.2. The van der Waals surface area contributed by atoms with Crippen molar-refractivity contribution in [2.24, 2.45) is 51.7 Å². The molecule has 1 aliphatic heterocycles. The number of nitrogens with one attached hydrogen (secondary N) is 16. The van der Waals surface area contributed by atoms with Gasteiger partial charge in [-0.3, -0.25) is 86.3 Å². The highest BCUT2D eigenvalue weighted by molar-refractivity contribution is 8.00. The van der Waals surface area contributed by atoms with Crippen molar-refractivity contribution in [1.29, 1.82) is 0 Å². The van der Waals surface area contributed by atoms with E-state index in [4.69, 9.17) is 39.6 Å². The second-order valence-corrected chi connectivity index (χ2v) is 37.5. The number of aromatic nitrogens is 1. The van der Waals surface area contributed by atoms with Crippen molar-refractivity contribution < 1.29 is 106 Å². The summed E-state index contributed by atoms with van der Waals surface area (Å²) in [5, 5.41) is 74.5. The fraction of sp³-hybridized carbons (Fsp3) is 0.526. The molecular weight excluding hydrogens is 1870 g/mol. The number of benzene rings is 4. The monoisotopic (exact) mass is 2010 g/mol. The van der Waals surface area contributed by atoms with E-state index in [1.807, 2.05) is 30.3 Å². The molecule has 0 spiro atoms. The Hall–Kier alpha value is -14.3. The van der Waals surface area contributed by atoms with Crippen LogP contribution in [0.4, 0.5) is 0 Å². The van der Waals surface area contributed by atoms with Gasteiger partial charge in [-0.2, -0.15) is 0 Å². The summed E-state index contributed by atoms with van der Waals surface area (Å²) in [6.07, 6.45) is 4.13. The van der Waals surface area contributed by atoms with Crippen molar-refractivity contribution in [3.63, 3.8) is 0 Å². The number of amides is 16. The summed E-state index contributed by atoms with van der Waals surface area (Å²) in [7, 11) is 0. The number of nitrogens with zero attached hydrogens (tertiary/aromatic N) is 3. The Morgan fingerprint density at radius 1 is 0.524 bits per heavy atom. The minimum atomic E-state index is -2.11. The summed E-state index contributed by atoms with van der Waals surface area (Å²) in [4.78, 5) is 268. The second-order valence-electron chi connectivity index (χ2n) is 36.5. The normalized spacial score (nSPS) is 23.5. The maximum atomic E-state index is 15.4. The van der Waals surface area contributed by atoms with Crippen LogP contribution in [-0.2, 0) is 106 Å². The molecule has 16 amide bonds. The number of hydrogen-bond donors (Lipinski definition) is 23. The van der Waals surface area contributed by atoms with Crippen LogP contribution >= 0.6 is 11.8 Å². The smallest absolute Gasteiger partial charge is 0.305 e. The van der Waals surface area contributed by atoms with Gasteiger partial charge in [-0.1, -0.05) is 170 Å². The van der Waals surface area contributed by atoms with Crippen molar-refractivity contribution in [1.82, 2.24) is 84.7 Å². The number of para-hydroxylation sites is 1. The third-order valence-electron chi connectivity index (χ3n) is 24.0. The minimum absolute atomic E-state index is 0.00373. The average Bonchev–Trinajstić information content (AvgIpc) is 1.78. The molecule has 1 saturated carbocycles. The van der Waals surface area contributed by atoms with Crippen LogP contribution in [0, 0.1) is 36.0 Å². The van der Waals surface area contributed by atoms with E-state index in [1.54, 1.807) is 62.4 Å². The Labute approximate surface area is 832 Å². The van der Waals surface area contributed by atoms with Gasteiger partial charge in [-0.15, -0.1) is 18.2 Å². The molecule has 776 valence electrons. The number of hydrogen-bond acceptors (Lipinski definition) is 25. The third-order valence-corrected chi connectivity index (χ3v) is 25.0. The molecule has 2 heterocycles. The van der Waals surface area contributed by atoms with Gasteiger partial charge in [0.1, 0.15) is 103 Å². The zero-order valence-electron chi connectivity index (χ0n) is 81.1. The molecule has 1 aliphatic carbocycles. The number of ether oxygens (including phenoxy) is 1. The zero-order valence-corrected chi connectivity index (χ0v) is 82.0. The number of carbonyl (C=O) groups excluding carboxylic acids is 16. The lowest BCUT2D eigenvalue weighted by Gasteiger charge is -2.31. The van der Waals surface area contributed by atoms with Crippen LogP contribution in [0.15, 0.2) is 114 Å². The van der Waals surface area contributed by atoms with Gasteiger partial charge in [0.05, 0.1) is 18.3 Å². The summed E-state index contributed by atoms with van der Waals surface area (Å²) in [6, 6.07) is 3.18. The zero-order chi connectivity index (χ0) is 105. The molecule has 0 bridgehead atoms. The lowest BCUT2D eigenvalue weighted by Crippen LogP contribution is -2.63. The van der Waals surface area contributed by atoms with Crippen LogP contribution in [0.25, 0.3) is 32.5 Å². The number of thioether (sulfide) groups is 1. The standard InChI is InChI=1S/C97H135N23O22S/c1-9-41-142-62-32-28-58(29-33-62)45-70-89(133)114-74(47-79(125)126)90(134)113-73(46-61-49-103-64-24-17-16-23-63(61)64)92(136)117-80(53(4)5)95(139)115-71(44-57-26-30-60(31-27-57)59-21-14-11-15-22-59)88(132)108-67(34-35-78(123)124)85(129)107-66(25-18-38-98)84(128)110-69(42-52(2)3)87(131)109-68(36-39-99)86(130)111-72(43-56-19-12-10-13-20-56)91(135)118-81(54(6)7)96(140)119-82(55(8)121)97(141)116-76(94(138)106-65(83(101)127)37-40-104-120-102)50-143-51-77(122)105-75(48-100)93(137)112-70/h1,11,14-17,21-24,26-33,49,52-56,65-76,80-82,103,121H,10,12-13,18-20,25,34-48,50-51,98-100H2,2-8H3,(H2,101,127)(H,105,122)(H,106,138)(H,107,129)(H,108,132)(H,109,131)(H,110,128)(H,111,130)(H,112,137)(H,113,134)(H,114,133)(H,115,139)(H,116,141)(H,117,136)(H,118,135)(H,119,140)(H,123,124)(H,125,126)/t55-,65+,66+,67+,68+,69-,70+,71+,72+,73+,74+,75+,76+,80+,81+,82+/m1/s1. The molecule has 2 fully saturated rings. The number of azide groups is 1. The summed E-state index contributed by atoms with van der Waals surface area (Å²) < 4.78 is 5.54. The molecule has 2 aliphatic rings. The number of carboxylic acids is 2. The SMILES string of the molecule is C#CCOc1ccc(C[C@@H]2NC(=O)[C@H](CN)NC(=O)CSC[C@@H](C(=O)N[C@@H](CCN=[N+]=[N-])C(N)=O)NC(=O)[C@H]([C@@H](C)O)NC(=O)[C@H](C(C)C)NC(=O)[C@H](CC3CCCCC3)NC(=O)[C@H](CCN)NC(=O)[C@@H](CC(C)C)NC(=O)[C@H](CCCN)NC(=O)[C@H](CCC(=O)O)NC(=O)[C@H](Cc3ccc(-c4ccccc4)cc3)NC(=O)[C@H](C(C)C)NC(=O)[C@H](Cc3c[nH]c4ccccc34)NC(=O)[C@H](CC(=O)O)NC2=O)cc1. The number of fused-ring (bicyclic) bond motifs is 1. The number of rotatable bonds is 33. The van der Waals surface area contributed by atoms with Crippen molar-refractivity contribution in [3.05, 3.63) is 136 Å². The molecule has 7 rings (SSSR count). The number of carbonyl (C=O) groups is 18. The minimum Gasteiger partial charge on any atom is -0.481 e. The first kappa shape index (κ1) is 116. The number of primary amides is 1. The van der Waals surface area contributed by atoms with Crippen molar-refractivity contribution >= 4 is 129 Å². The van der Waals surface area contributed by atoms with Crippen LogP contribution in [0.3, 0.4) is 0 Å². The van der Waals surface area contributed by atoms with Gasteiger partial charge in [0, 0.05) is 66.5 Å². The highest BCUT2D eigenvalue weighted by Crippen LogP contribution is 2.29. The summed E-state index contributed by atoms with van der Waals surface area (Å²) in [5.41, 5.74) is 36.2. The first-order valence-corrected chi connectivity index (χ1v) is 48.8. The molecule has 1 saturated heterocycles.